The Bertz CT molecular complexity index is 328. The molecule has 2 rings (SSSR count). The predicted octanol–water partition coefficient (Wildman–Crippen LogP) is 2.05. The minimum atomic E-state index is 0.116. The third kappa shape index (κ3) is 3.03. The van der Waals surface area contributed by atoms with E-state index in [9.17, 15) is 0 Å². The van der Waals surface area contributed by atoms with Gasteiger partial charge < -0.3 is 10.1 Å². The van der Waals surface area contributed by atoms with Crippen molar-refractivity contribution in [3.63, 3.8) is 0 Å². The molecule has 0 saturated carbocycles. The molecule has 3 nitrogen and oxygen atoms in total. The van der Waals surface area contributed by atoms with E-state index in [1.54, 1.807) is 0 Å². The van der Waals surface area contributed by atoms with Crippen LogP contribution in [0.2, 0.25) is 0 Å². The van der Waals surface area contributed by atoms with Crippen LogP contribution in [0.25, 0.3) is 0 Å². The molecule has 1 aliphatic rings. The molecule has 0 aromatic carbocycles. The quantitative estimate of drug-likeness (QED) is 0.846. The summed E-state index contributed by atoms with van der Waals surface area (Å²) < 4.78 is 5.51. The molecular formula is C13H20N2O. The second-order valence-corrected chi connectivity index (χ2v) is 4.90. The number of ether oxygens (including phenoxy) is 1. The van der Waals surface area contributed by atoms with Crippen molar-refractivity contribution in [1.29, 1.82) is 0 Å². The van der Waals surface area contributed by atoms with E-state index in [1.807, 2.05) is 6.20 Å². The third-order valence-electron chi connectivity index (χ3n) is 3.11. The van der Waals surface area contributed by atoms with E-state index < -0.39 is 0 Å². The summed E-state index contributed by atoms with van der Waals surface area (Å²) in [4.78, 5) is 4.39. The van der Waals surface area contributed by atoms with E-state index in [0.717, 1.165) is 31.9 Å². The number of hydrogen-bond acceptors (Lipinski definition) is 3. The van der Waals surface area contributed by atoms with Crippen LogP contribution in [0.1, 0.15) is 31.0 Å². The molecule has 0 aliphatic carbocycles. The van der Waals surface area contributed by atoms with Gasteiger partial charge in [0.05, 0.1) is 12.3 Å². The molecule has 1 unspecified atom stereocenters. The molecule has 1 aromatic heterocycles. The molecule has 16 heavy (non-hydrogen) atoms. The number of nitrogens with one attached hydrogen (secondary N) is 1. The second kappa shape index (κ2) is 4.93. The van der Waals surface area contributed by atoms with Gasteiger partial charge in [-0.25, -0.2) is 0 Å². The van der Waals surface area contributed by atoms with Gasteiger partial charge in [0, 0.05) is 24.9 Å². The average molecular weight is 220 g/mol. The van der Waals surface area contributed by atoms with Gasteiger partial charge in [-0.1, -0.05) is 6.07 Å². The Kier molecular flexibility index (Phi) is 3.56. The summed E-state index contributed by atoms with van der Waals surface area (Å²) in [5.74, 6) is 0. The summed E-state index contributed by atoms with van der Waals surface area (Å²) >= 11 is 0. The first-order valence-electron chi connectivity index (χ1n) is 5.92. The molecule has 3 heteroatoms. The van der Waals surface area contributed by atoms with Crippen molar-refractivity contribution in [2.45, 2.75) is 38.8 Å². The van der Waals surface area contributed by atoms with Gasteiger partial charge >= 0.3 is 0 Å². The highest BCUT2D eigenvalue weighted by Gasteiger charge is 2.26. The summed E-state index contributed by atoms with van der Waals surface area (Å²) in [6.07, 6.45) is 4.24. The molecule has 1 fully saturated rings. The fourth-order valence-corrected chi connectivity index (χ4v) is 1.98. The van der Waals surface area contributed by atoms with Crippen molar-refractivity contribution < 1.29 is 4.74 Å². The van der Waals surface area contributed by atoms with E-state index in [1.165, 1.54) is 12.0 Å². The normalized spacial score (nSPS) is 25.6. The van der Waals surface area contributed by atoms with Crippen LogP contribution in [0, 0.1) is 6.92 Å². The number of aryl methyl sites for hydroxylation is 1. The number of aromatic nitrogens is 1. The Hall–Kier alpha value is -0.930. The molecule has 2 heterocycles. The molecule has 0 amide bonds. The van der Waals surface area contributed by atoms with Gasteiger partial charge in [-0.2, -0.15) is 0 Å². The van der Waals surface area contributed by atoms with Crippen LogP contribution in [0.15, 0.2) is 18.3 Å². The van der Waals surface area contributed by atoms with Crippen LogP contribution in [0.5, 0.6) is 0 Å². The Morgan fingerprint density at radius 3 is 3.00 bits per heavy atom. The first kappa shape index (κ1) is 11.6. The smallest absolute Gasteiger partial charge is 0.0645 e. The van der Waals surface area contributed by atoms with Crippen molar-refractivity contribution in [2.75, 3.05) is 13.2 Å². The zero-order valence-electron chi connectivity index (χ0n) is 10.1. The highest BCUT2D eigenvalue weighted by molar-refractivity contribution is 5.12. The van der Waals surface area contributed by atoms with Crippen LogP contribution in [0.4, 0.5) is 0 Å². The lowest BCUT2D eigenvalue weighted by Gasteiger charge is -2.34. The molecule has 0 bridgehead atoms. The monoisotopic (exact) mass is 220 g/mol. The highest BCUT2D eigenvalue weighted by Crippen LogP contribution is 2.18. The molecule has 88 valence electrons. The van der Waals surface area contributed by atoms with Gasteiger partial charge in [-0.3, -0.25) is 4.98 Å². The number of hydrogen-bond donors (Lipinski definition) is 1. The Morgan fingerprint density at radius 2 is 2.38 bits per heavy atom. The maximum absolute atomic E-state index is 5.51. The van der Waals surface area contributed by atoms with Crippen molar-refractivity contribution in [2.24, 2.45) is 0 Å². The zero-order chi connectivity index (χ0) is 11.4. The molecule has 1 aliphatic heterocycles. The van der Waals surface area contributed by atoms with Gasteiger partial charge in [0.1, 0.15) is 0 Å². The molecule has 0 radical (unpaired) electrons. The summed E-state index contributed by atoms with van der Waals surface area (Å²) in [6.45, 7) is 6.81. The molecule has 1 aromatic rings. The number of nitrogens with zero attached hydrogens (tertiary/aromatic N) is 1. The van der Waals surface area contributed by atoms with Crippen LogP contribution >= 0.6 is 0 Å². The van der Waals surface area contributed by atoms with Crippen molar-refractivity contribution in [3.05, 3.63) is 29.6 Å². The first-order valence-corrected chi connectivity index (χ1v) is 5.92. The third-order valence-corrected chi connectivity index (χ3v) is 3.11. The molecular weight excluding hydrogens is 200 g/mol. The van der Waals surface area contributed by atoms with Crippen molar-refractivity contribution in [1.82, 2.24) is 10.3 Å². The molecule has 1 saturated heterocycles. The van der Waals surface area contributed by atoms with Crippen LogP contribution < -0.4 is 5.32 Å². The lowest BCUT2D eigenvalue weighted by Crippen LogP contribution is -2.48. The maximum atomic E-state index is 5.51. The molecule has 0 spiro atoms. The summed E-state index contributed by atoms with van der Waals surface area (Å²) in [5.41, 5.74) is 2.42. The number of rotatable bonds is 3. The van der Waals surface area contributed by atoms with E-state index in [4.69, 9.17) is 4.74 Å². The first-order chi connectivity index (χ1) is 7.68. The van der Waals surface area contributed by atoms with Gasteiger partial charge in [0.25, 0.3) is 0 Å². The number of pyridine rings is 1. The minimum Gasteiger partial charge on any atom is -0.380 e. The zero-order valence-corrected chi connectivity index (χ0v) is 10.1. The van der Waals surface area contributed by atoms with E-state index in [0.29, 0.717) is 0 Å². The fourth-order valence-electron chi connectivity index (χ4n) is 1.98. The topological polar surface area (TPSA) is 34.1 Å². The van der Waals surface area contributed by atoms with Gasteiger partial charge in [0.2, 0.25) is 0 Å². The van der Waals surface area contributed by atoms with Crippen LogP contribution in [-0.2, 0) is 11.3 Å². The Labute approximate surface area is 97.2 Å². The van der Waals surface area contributed by atoms with Crippen LogP contribution in [-0.4, -0.2) is 23.7 Å². The molecule has 1 N–H and O–H groups in total. The van der Waals surface area contributed by atoms with Crippen molar-refractivity contribution in [3.8, 4) is 0 Å². The van der Waals surface area contributed by atoms with Gasteiger partial charge in [-0.05, 0) is 38.3 Å². The predicted molar refractivity (Wildman–Crippen MR) is 64.3 cm³/mol. The van der Waals surface area contributed by atoms with Crippen LogP contribution in [0.3, 0.4) is 0 Å². The fraction of sp³-hybridized carbons (Fsp3) is 0.615. The SMILES string of the molecule is Cc1ccc(CNC2(C)CCCOC2)nc1. The Morgan fingerprint density at radius 1 is 1.50 bits per heavy atom. The average Bonchev–Trinajstić information content (AvgIpc) is 2.29. The highest BCUT2D eigenvalue weighted by atomic mass is 16.5. The summed E-state index contributed by atoms with van der Waals surface area (Å²) in [6, 6.07) is 4.18. The van der Waals surface area contributed by atoms with Gasteiger partial charge in [-0.15, -0.1) is 0 Å². The second-order valence-electron chi connectivity index (χ2n) is 4.90. The lowest BCUT2D eigenvalue weighted by atomic mass is 9.95. The maximum Gasteiger partial charge on any atom is 0.0645 e. The lowest BCUT2D eigenvalue weighted by molar-refractivity contribution is 0.0276. The standard InChI is InChI=1S/C13H20N2O/c1-11-4-5-12(14-8-11)9-15-13(2)6-3-7-16-10-13/h4-5,8,15H,3,6-7,9-10H2,1-2H3. The largest absolute Gasteiger partial charge is 0.380 e. The minimum absolute atomic E-state index is 0.116. The Balaban J connectivity index is 1.88. The summed E-state index contributed by atoms with van der Waals surface area (Å²) in [7, 11) is 0. The van der Waals surface area contributed by atoms with Crippen molar-refractivity contribution >= 4 is 0 Å². The molecule has 1 atom stereocenters. The van der Waals surface area contributed by atoms with E-state index in [2.05, 4.69) is 36.3 Å². The van der Waals surface area contributed by atoms with Gasteiger partial charge in [0.15, 0.2) is 0 Å². The summed E-state index contributed by atoms with van der Waals surface area (Å²) in [5, 5.41) is 3.55. The van der Waals surface area contributed by atoms with E-state index >= 15 is 0 Å². The van der Waals surface area contributed by atoms with E-state index in [-0.39, 0.29) is 5.54 Å².